The first-order chi connectivity index (χ1) is 4.29. The van der Waals surface area contributed by atoms with Gasteiger partial charge in [0.15, 0.2) is 0 Å². The Hall–Kier alpha value is -0.554. The van der Waals surface area contributed by atoms with Crippen LogP contribution < -0.4 is 0 Å². The van der Waals surface area contributed by atoms with Crippen LogP contribution >= 0.6 is 0 Å². The van der Waals surface area contributed by atoms with Crippen molar-refractivity contribution in [2.24, 2.45) is 0 Å². The summed E-state index contributed by atoms with van der Waals surface area (Å²) in [5, 5.41) is 8.19. The molecule has 0 bridgehead atoms. The third-order valence-corrected chi connectivity index (χ3v) is 0.786. The fourth-order valence-corrected chi connectivity index (χ4v) is 0.470. The summed E-state index contributed by atoms with van der Waals surface area (Å²) in [5.74, 6) is -0.694. The second-order valence-electron chi connectivity index (χ2n) is 1.50. The minimum Gasteiger partial charge on any atom is -1.00 e. The average Bonchev–Trinajstić information content (AvgIpc) is 2.15. The third-order valence-electron chi connectivity index (χ3n) is 0.786. The zero-order valence-electron chi connectivity index (χ0n) is 7.28. The molecule has 0 saturated heterocycles. The second-order valence-corrected chi connectivity index (χ2v) is 1.50. The van der Waals surface area contributed by atoms with Crippen molar-refractivity contribution in [2.45, 2.75) is 6.42 Å². The van der Waals surface area contributed by atoms with Crippen molar-refractivity contribution < 1.29 is 17.2 Å². The molecule has 0 aliphatic heterocycles. The van der Waals surface area contributed by atoms with Crippen LogP contribution in [0.2, 0.25) is 0 Å². The van der Waals surface area contributed by atoms with Crippen molar-refractivity contribution >= 4 is 29.0 Å². The van der Waals surface area contributed by atoms with Crippen LogP contribution in [0.15, 0.2) is 16.9 Å². The third kappa shape index (κ3) is 2.84. The monoisotopic (exact) mass is 153 g/mol. The molecule has 0 amide bonds. The number of hydrogen-bond acceptors (Lipinski definition) is 3. The molecule has 5 heteroatoms. The van der Waals surface area contributed by atoms with E-state index in [1.807, 2.05) is 0 Å². The molecule has 0 aromatic carbocycles. The van der Waals surface area contributed by atoms with Gasteiger partial charge in [0, 0.05) is 0 Å². The molecular formula is C5H7MgNO3. The molecule has 0 radical (unpaired) electrons. The Morgan fingerprint density at radius 3 is 3.00 bits per heavy atom. The average molecular weight is 153 g/mol. The zero-order valence-corrected chi connectivity index (χ0v) is 6.69. The first-order valence-corrected chi connectivity index (χ1v) is 2.39. The van der Waals surface area contributed by atoms with Gasteiger partial charge in [-0.15, -0.1) is 0 Å². The van der Waals surface area contributed by atoms with E-state index in [2.05, 4.69) is 9.40 Å². The number of hydrogen-bond donors (Lipinski definition) is 1. The largest absolute Gasteiger partial charge is 2.00 e. The summed E-state index contributed by atoms with van der Waals surface area (Å²) in [6.45, 7) is 0. The molecule has 52 valence electrons. The van der Waals surface area contributed by atoms with Gasteiger partial charge in [-0.1, -0.05) is 0 Å². The topological polar surface area (TPSA) is 63.3 Å². The Bertz CT molecular complexity index is 204. The predicted molar refractivity (Wildman–Crippen MR) is 35.8 cm³/mol. The first kappa shape index (κ1) is 9.45. The number of nitrogens with zero attached hydrogens (tertiary/aromatic N) is 1. The molecule has 1 rings (SSSR count). The summed E-state index contributed by atoms with van der Waals surface area (Å²) in [7, 11) is 0. The van der Waals surface area contributed by atoms with Crippen molar-refractivity contribution in [3.05, 3.63) is 18.4 Å². The maximum atomic E-state index is 9.97. The van der Waals surface area contributed by atoms with Crippen LogP contribution in [0.25, 0.3) is 0 Å². The standard InChI is InChI=1S/C5H5NO3.Mg.2H/c7-5(8)3-4-6-1-2-9-4;;;/h1-2H,3H2,(H,7,8);;;/q;+2;2*-1. The maximum absolute atomic E-state index is 9.97. The zero-order chi connectivity index (χ0) is 6.69. The van der Waals surface area contributed by atoms with Crippen LogP contribution in [0.3, 0.4) is 0 Å². The summed E-state index contributed by atoms with van der Waals surface area (Å²) in [4.78, 5) is 13.6. The first-order valence-electron chi connectivity index (χ1n) is 2.39. The number of carbonyl (C=O) groups is 1. The molecule has 0 saturated carbocycles. The fourth-order valence-electron chi connectivity index (χ4n) is 0.470. The van der Waals surface area contributed by atoms with Gasteiger partial charge in [0.25, 0.3) is 0 Å². The molecule has 1 N–H and O–H groups in total. The Kier molecular flexibility index (Phi) is 4.05. The molecule has 0 aliphatic carbocycles. The van der Waals surface area contributed by atoms with Crippen molar-refractivity contribution in [3.63, 3.8) is 0 Å². The van der Waals surface area contributed by atoms with Gasteiger partial charge in [-0.25, -0.2) is 4.98 Å². The quantitative estimate of drug-likeness (QED) is 0.614. The molecule has 0 atom stereocenters. The number of carboxylic acids is 1. The molecule has 0 fully saturated rings. The number of oxazole rings is 1. The number of aliphatic carboxylic acids is 1. The van der Waals surface area contributed by atoms with Gasteiger partial charge in [-0.05, 0) is 0 Å². The number of aromatic nitrogens is 1. The van der Waals surface area contributed by atoms with Crippen LogP contribution in [-0.4, -0.2) is 39.1 Å². The molecule has 10 heavy (non-hydrogen) atoms. The fraction of sp³-hybridized carbons (Fsp3) is 0.200. The molecular weight excluding hydrogens is 146 g/mol. The summed E-state index contributed by atoms with van der Waals surface area (Å²) in [6.07, 6.45) is 2.61. The summed E-state index contributed by atoms with van der Waals surface area (Å²) in [6, 6.07) is 0. The van der Waals surface area contributed by atoms with Crippen LogP contribution in [0.1, 0.15) is 8.74 Å². The normalized spacial score (nSPS) is 8.40. The molecule has 4 nitrogen and oxygen atoms in total. The van der Waals surface area contributed by atoms with Gasteiger partial charge in [0.05, 0.1) is 6.20 Å². The predicted octanol–water partition coefficient (Wildman–Crippen LogP) is 0.146. The molecule has 0 unspecified atom stereocenters. The van der Waals surface area contributed by atoms with E-state index in [0.717, 1.165) is 0 Å². The van der Waals surface area contributed by atoms with Crippen LogP contribution in [0, 0.1) is 0 Å². The van der Waals surface area contributed by atoms with Gasteiger partial charge >= 0.3 is 29.0 Å². The van der Waals surface area contributed by atoms with E-state index in [9.17, 15) is 4.79 Å². The Balaban J connectivity index is -0.000000270. The van der Waals surface area contributed by atoms with Gasteiger partial charge in [0.1, 0.15) is 12.7 Å². The van der Waals surface area contributed by atoms with Gasteiger partial charge in [-0.3, -0.25) is 4.79 Å². The van der Waals surface area contributed by atoms with Crippen molar-refractivity contribution in [1.82, 2.24) is 4.98 Å². The Morgan fingerprint density at radius 2 is 2.60 bits per heavy atom. The minimum atomic E-state index is -0.933. The maximum Gasteiger partial charge on any atom is 2.00 e. The Morgan fingerprint density at radius 1 is 1.90 bits per heavy atom. The molecule has 1 aromatic heterocycles. The molecule has 1 aromatic rings. The van der Waals surface area contributed by atoms with E-state index in [1.54, 1.807) is 0 Å². The van der Waals surface area contributed by atoms with E-state index in [-0.39, 0.29) is 38.2 Å². The van der Waals surface area contributed by atoms with E-state index in [1.165, 1.54) is 12.5 Å². The van der Waals surface area contributed by atoms with E-state index in [4.69, 9.17) is 5.11 Å². The van der Waals surface area contributed by atoms with Gasteiger partial charge < -0.3 is 12.4 Å². The van der Waals surface area contributed by atoms with Gasteiger partial charge in [-0.2, -0.15) is 0 Å². The second kappa shape index (κ2) is 4.29. The molecule has 1 heterocycles. The number of rotatable bonds is 2. The van der Waals surface area contributed by atoms with Crippen LogP contribution in [0.5, 0.6) is 0 Å². The van der Waals surface area contributed by atoms with Crippen LogP contribution in [-0.2, 0) is 11.2 Å². The molecule has 0 aliphatic rings. The summed E-state index contributed by atoms with van der Waals surface area (Å²) >= 11 is 0. The van der Waals surface area contributed by atoms with E-state index < -0.39 is 5.97 Å². The van der Waals surface area contributed by atoms with E-state index in [0.29, 0.717) is 0 Å². The number of carboxylic acid groups (broad SMARTS) is 1. The van der Waals surface area contributed by atoms with Crippen molar-refractivity contribution in [1.29, 1.82) is 0 Å². The van der Waals surface area contributed by atoms with Crippen molar-refractivity contribution in [2.75, 3.05) is 0 Å². The Labute approximate surface area is 76.4 Å². The smallest absolute Gasteiger partial charge is 1.00 e. The SMILES string of the molecule is O=C(O)Cc1ncco1.[H-].[H-].[Mg+2]. The van der Waals surface area contributed by atoms with Crippen LogP contribution in [0.4, 0.5) is 0 Å². The summed E-state index contributed by atoms with van der Waals surface area (Å²) in [5.41, 5.74) is 0. The minimum absolute atomic E-state index is 0. The molecule has 0 spiro atoms. The summed E-state index contributed by atoms with van der Waals surface area (Å²) < 4.78 is 4.65. The van der Waals surface area contributed by atoms with Gasteiger partial charge in [0.2, 0.25) is 5.89 Å². The van der Waals surface area contributed by atoms with Crippen molar-refractivity contribution in [3.8, 4) is 0 Å². The van der Waals surface area contributed by atoms with E-state index >= 15 is 0 Å².